The van der Waals surface area contributed by atoms with Crippen LogP contribution in [0, 0.1) is 6.92 Å². The van der Waals surface area contributed by atoms with Crippen LogP contribution in [-0.4, -0.2) is 22.5 Å². The lowest BCUT2D eigenvalue weighted by molar-refractivity contribution is -0.0498. The summed E-state index contributed by atoms with van der Waals surface area (Å²) in [6.07, 6.45) is 1.46. The average Bonchev–Trinajstić information content (AvgIpc) is 2.55. The molecule has 24 heavy (non-hydrogen) atoms. The Kier molecular flexibility index (Phi) is 4.33. The quantitative estimate of drug-likeness (QED) is 0.691. The van der Waals surface area contributed by atoms with E-state index in [1.165, 1.54) is 23.0 Å². The van der Waals surface area contributed by atoms with Crippen LogP contribution in [0.15, 0.2) is 58.4 Å². The third-order valence-corrected chi connectivity index (χ3v) is 3.34. The second kappa shape index (κ2) is 6.57. The Hall–Kier alpha value is -3.09. The minimum atomic E-state index is -2.87. The summed E-state index contributed by atoms with van der Waals surface area (Å²) in [4.78, 5) is 16.8. The van der Waals surface area contributed by atoms with Gasteiger partial charge in [-0.3, -0.25) is 4.79 Å². The third-order valence-electron chi connectivity index (χ3n) is 3.34. The molecule has 0 saturated heterocycles. The van der Waals surface area contributed by atoms with Crippen molar-refractivity contribution in [3.05, 3.63) is 70.3 Å². The fourth-order valence-corrected chi connectivity index (χ4v) is 2.23. The molecule has 5 nitrogen and oxygen atoms in total. The van der Waals surface area contributed by atoms with Crippen molar-refractivity contribution in [2.75, 3.05) is 0 Å². The lowest BCUT2D eigenvalue weighted by Crippen LogP contribution is -2.20. The van der Waals surface area contributed by atoms with Crippen LogP contribution in [0.5, 0.6) is 5.75 Å². The second-order valence-electron chi connectivity index (χ2n) is 4.99. The fourth-order valence-electron chi connectivity index (χ4n) is 2.23. The normalized spacial score (nSPS) is 11.5. The summed E-state index contributed by atoms with van der Waals surface area (Å²) in [6.45, 7) is -1.18. The molecule has 0 bridgehead atoms. The molecule has 3 rings (SSSR count). The predicted molar refractivity (Wildman–Crippen MR) is 86.8 cm³/mol. The number of aromatic nitrogens is 2. The highest BCUT2D eigenvalue weighted by Crippen LogP contribution is 2.14. The maximum Gasteiger partial charge on any atom is 0.387 e. The Morgan fingerprint density at radius 1 is 1.17 bits per heavy atom. The smallest absolute Gasteiger partial charge is 0.387 e. The molecule has 0 saturated carbocycles. The van der Waals surface area contributed by atoms with E-state index in [4.69, 9.17) is 0 Å². The van der Waals surface area contributed by atoms with Gasteiger partial charge in [0, 0.05) is 0 Å². The number of hydrogen-bond donors (Lipinski definition) is 0. The number of ether oxygens (including phenoxy) is 1. The Morgan fingerprint density at radius 3 is 2.58 bits per heavy atom. The van der Waals surface area contributed by atoms with Crippen molar-refractivity contribution in [2.45, 2.75) is 13.5 Å². The van der Waals surface area contributed by atoms with Crippen LogP contribution >= 0.6 is 0 Å². The zero-order chi connectivity index (χ0) is 17.1. The van der Waals surface area contributed by atoms with Crippen molar-refractivity contribution in [1.29, 1.82) is 0 Å². The maximum atomic E-state index is 12.5. The molecule has 0 unspecified atom stereocenters. The van der Waals surface area contributed by atoms with Crippen molar-refractivity contribution in [3.8, 4) is 5.75 Å². The molecule has 1 aromatic heterocycles. The van der Waals surface area contributed by atoms with E-state index >= 15 is 0 Å². The molecule has 1 heterocycles. The zero-order valence-corrected chi connectivity index (χ0v) is 12.7. The minimum Gasteiger partial charge on any atom is -0.435 e. The third kappa shape index (κ3) is 3.29. The monoisotopic (exact) mass is 329 g/mol. The molecule has 0 aliphatic carbocycles. The molecular formula is C17H13F2N3O2. The second-order valence-corrected chi connectivity index (χ2v) is 4.99. The largest absolute Gasteiger partial charge is 0.435 e. The highest BCUT2D eigenvalue weighted by atomic mass is 19.3. The molecule has 122 valence electrons. The fraction of sp³-hybridized carbons (Fsp3) is 0.118. The van der Waals surface area contributed by atoms with Crippen molar-refractivity contribution >= 4 is 17.1 Å². The van der Waals surface area contributed by atoms with Crippen LogP contribution in [0.1, 0.15) is 11.4 Å². The van der Waals surface area contributed by atoms with Gasteiger partial charge in [0.05, 0.1) is 17.1 Å². The van der Waals surface area contributed by atoms with Crippen LogP contribution < -0.4 is 10.3 Å². The first-order valence-electron chi connectivity index (χ1n) is 7.12. The first-order chi connectivity index (χ1) is 11.5. The Morgan fingerprint density at radius 2 is 1.88 bits per heavy atom. The van der Waals surface area contributed by atoms with Gasteiger partial charge in [-0.25, -0.2) is 4.98 Å². The molecule has 0 fully saturated rings. The van der Waals surface area contributed by atoms with Crippen LogP contribution in [0.2, 0.25) is 0 Å². The van der Waals surface area contributed by atoms with E-state index in [0.29, 0.717) is 22.3 Å². The van der Waals surface area contributed by atoms with E-state index in [1.54, 1.807) is 37.3 Å². The number of benzene rings is 2. The summed E-state index contributed by atoms with van der Waals surface area (Å²) in [5, 5.41) is 4.62. The van der Waals surface area contributed by atoms with Gasteiger partial charge in [0.25, 0.3) is 5.56 Å². The Bertz CT molecular complexity index is 950. The van der Waals surface area contributed by atoms with E-state index in [1.807, 2.05) is 6.07 Å². The van der Waals surface area contributed by atoms with E-state index < -0.39 is 6.61 Å². The van der Waals surface area contributed by atoms with Gasteiger partial charge in [-0.2, -0.15) is 18.6 Å². The summed E-state index contributed by atoms with van der Waals surface area (Å²) >= 11 is 0. The molecule has 0 radical (unpaired) electrons. The van der Waals surface area contributed by atoms with Crippen molar-refractivity contribution in [2.24, 2.45) is 5.10 Å². The molecule has 0 amide bonds. The van der Waals surface area contributed by atoms with Gasteiger partial charge in [-0.15, -0.1) is 0 Å². The number of rotatable bonds is 4. The average molecular weight is 329 g/mol. The van der Waals surface area contributed by atoms with E-state index in [2.05, 4.69) is 14.8 Å². The molecule has 0 spiro atoms. The molecular weight excluding hydrogens is 316 g/mol. The Balaban J connectivity index is 1.92. The van der Waals surface area contributed by atoms with E-state index in [-0.39, 0.29) is 11.3 Å². The topological polar surface area (TPSA) is 56.5 Å². The number of halogens is 2. The van der Waals surface area contributed by atoms with Gasteiger partial charge >= 0.3 is 6.61 Å². The lowest BCUT2D eigenvalue weighted by Gasteiger charge is -2.05. The number of alkyl halides is 2. The Labute approximate surface area is 135 Å². The van der Waals surface area contributed by atoms with Crippen molar-refractivity contribution in [1.82, 2.24) is 9.66 Å². The standard InChI is InChI=1S/C17H13F2N3O2/c1-11-21-15-5-3-2-4-14(15)16(23)22(11)20-10-12-6-8-13(9-7-12)24-17(18)19/h2-10,17H,1H3. The summed E-state index contributed by atoms with van der Waals surface area (Å²) in [6, 6.07) is 13.0. The molecule has 0 aliphatic heterocycles. The van der Waals surface area contributed by atoms with E-state index in [0.717, 1.165) is 0 Å². The molecule has 3 aromatic rings. The van der Waals surface area contributed by atoms with Crippen LogP contribution in [0.3, 0.4) is 0 Å². The predicted octanol–water partition coefficient (Wildman–Crippen LogP) is 3.19. The van der Waals surface area contributed by atoms with E-state index in [9.17, 15) is 13.6 Å². The molecule has 0 aliphatic rings. The van der Waals surface area contributed by atoms with Gasteiger partial charge < -0.3 is 4.74 Å². The molecule has 0 atom stereocenters. The SMILES string of the molecule is Cc1nc2ccccc2c(=O)n1N=Cc1ccc(OC(F)F)cc1. The first kappa shape index (κ1) is 15.8. The summed E-state index contributed by atoms with van der Waals surface area (Å²) in [7, 11) is 0. The van der Waals surface area contributed by atoms with Gasteiger partial charge in [0.1, 0.15) is 11.6 Å². The highest BCUT2D eigenvalue weighted by Gasteiger charge is 2.06. The number of fused-ring (bicyclic) bond motifs is 1. The number of hydrogen-bond acceptors (Lipinski definition) is 4. The van der Waals surface area contributed by atoms with Gasteiger partial charge in [0.2, 0.25) is 0 Å². The van der Waals surface area contributed by atoms with Gasteiger partial charge in [-0.1, -0.05) is 12.1 Å². The number of aryl methyl sites for hydroxylation is 1. The van der Waals surface area contributed by atoms with Crippen molar-refractivity contribution in [3.63, 3.8) is 0 Å². The van der Waals surface area contributed by atoms with Crippen LogP contribution in [0.4, 0.5) is 8.78 Å². The summed E-state index contributed by atoms with van der Waals surface area (Å²) in [5.41, 5.74) is 0.975. The van der Waals surface area contributed by atoms with Crippen LogP contribution in [-0.2, 0) is 0 Å². The summed E-state index contributed by atoms with van der Waals surface area (Å²) < 4.78 is 29.7. The maximum absolute atomic E-state index is 12.5. The van der Waals surface area contributed by atoms with Gasteiger partial charge in [-0.05, 0) is 48.9 Å². The van der Waals surface area contributed by atoms with Crippen LogP contribution in [0.25, 0.3) is 10.9 Å². The molecule has 0 N–H and O–H groups in total. The minimum absolute atomic E-state index is 0.0582. The molecule has 2 aromatic carbocycles. The highest BCUT2D eigenvalue weighted by molar-refractivity contribution is 5.80. The zero-order valence-electron chi connectivity index (χ0n) is 12.7. The number of nitrogens with zero attached hydrogens (tertiary/aromatic N) is 3. The lowest BCUT2D eigenvalue weighted by atomic mass is 10.2. The summed E-state index contributed by atoms with van der Waals surface area (Å²) in [5.74, 6) is 0.510. The van der Waals surface area contributed by atoms with Gasteiger partial charge in [0.15, 0.2) is 0 Å². The first-order valence-corrected chi connectivity index (χ1v) is 7.12. The number of para-hydroxylation sites is 1. The van der Waals surface area contributed by atoms with Crippen molar-refractivity contribution < 1.29 is 13.5 Å². The molecule has 7 heteroatoms.